The van der Waals surface area contributed by atoms with Crippen molar-refractivity contribution < 1.29 is 19.1 Å². The van der Waals surface area contributed by atoms with Crippen LogP contribution in [0.4, 0.5) is 4.79 Å². The number of hydrogen-bond donors (Lipinski definition) is 2. The molecule has 1 aliphatic heterocycles. The van der Waals surface area contributed by atoms with Crippen LogP contribution in [0.2, 0.25) is 0 Å². The molecule has 2 N–H and O–H groups in total. The van der Waals surface area contributed by atoms with Crippen molar-refractivity contribution in [1.29, 1.82) is 0 Å². The number of carbonyl (C=O) groups excluding carboxylic acids is 3. The molecule has 1 aliphatic rings. The molecule has 1 heterocycles. The van der Waals surface area contributed by atoms with Crippen LogP contribution in [0.1, 0.15) is 31.0 Å². The Morgan fingerprint density at radius 3 is 2.55 bits per heavy atom. The van der Waals surface area contributed by atoms with Crippen molar-refractivity contribution >= 4 is 28.6 Å². The largest absolute Gasteiger partial charge is 0.496 e. The lowest BCUT2D eigenvalue weighted by atomic mass is 9.92. The van der Waals surface area contributed by atoms with Gasteiger partial charge in [0.15, 0.2) is 0 Å². The summed E-state index contributed by atoms with van der Waals surface area (Å²) in [7, 11) is 1.56. The Morgan fingerprint density at radius 2 is 1.76 bits per heavy atom. The lowest BCUT2D eigenvalue weighted by Gasteiger charge is -2.23. The third-order valence-corrected chi connectivity index (χ3v) is 6.05. The molecule has 7 nitrogen and oxygen atoms in total. The summed E-state index contributed by atoms with van der Waals surface area (Å²) in [6.07, 6.45) is 0.256. The summed E-state index contributed by atoms with van der Waals surface area (Å²) in [5.74, 6) is -0.201. The molecule has 0 aliphatic carbocycles. The van der Waals surface area contributed by atoms with Gasteiger partial charge in [-0.3, -0.25) is 14.5 Å². The summed E-state index contributed by atoms with van der Waals surface area (Å²) < 4.78 is 5.37. The van der Waals surface area contributed by atoms with Crippen molar-refractivity contribution in [1.82, 2.24) is 15.5 Å². The molecule has 3 aromatic rings. The second-order valence-corrected chi connectivity index (χ2v) is 8.50. The Morgan fingerprint density at radius 1 is 1.06 bits per heavy atom. The highest BCUT2D eigenvalue weighted by Gasteiger charge is 2.48. The highest BCUT2D eigenvalue weighted by atomic mass is 16.5. The number of nitrogens with one attached hydrogen (secondary N) is 2. The van der Waals surface area contributed by atoms with E-state index in [1.165, 1.54) is 0 Å². The van der Waals surface area contributed by atoms with E-state index < -0.39 is 23.4 Å². The quantitative estimate of drug-likeness (QED) is 0.544. The van der Waals surface area contributed by atoms with Crippen LogP contribution >= 0.6 is 0 Å². The fourth-order valence-electron chi connectivity index (χ4n) is 4.38. The van der Waals surface area contributed by atoms with Crippen LogP contribution in [-0.4, -0.2) is 41.9 Å². The van der Waals surface area contributed by atoms with Gasteiger partial charge in [0.1, 0.15) is 17.8 Å². The van der Waals surface area contributed by atoms with E-state index in [4.69, 9.17) is 4.74 Å². The highest BCUT2D eigenvalue weighted by molar-refractivity contribution is 6.09. The van der Waals surface area contributed by atoms with Gasteiger partial charge in [-0.15, -0.1) is 0 Å². The van der Waals surface area contributed by atoms with Gasteiger partial charge in [0, 0.05) is 6.42 Å². The number of methoxy groups -OCH3 is 1. The van der Waals surface area contributed by atoms with Crippen LogP contribution in [0.5, 0.6) is 5.75 Å². The van der Waals surface area contributed by atoms with Gasteiger partial charge in [0.05, 0.1) is 13.2 Å². The molecule has 0 radical (unpaired) electrons. The molecule has 33 heavy (non-hydrogen) atoms. The van der Waals surface area contributed by atoms with Gasteiger partial charge in [-0.2, -0.15) is 0 Å². The summed E-state index contributed by atoms with van der Waals surface area (Å²) in [6.45, 7) is 3.20. The number of amides is 4. The summed E-state index contributed by atoms with van der Waals surface area (Å²) in [6, 6.07) is 20.4. The Labute approximate surface area is 192 Å². The Kier molecular flexibility index (Phi) is 6.05. The molecule has 0 bridgehead atoms. The van der Waals surface area contributed by atoms with Gasteiger partial charge in [-0.05, 0) is 41.8 Å². The van der Waals surface area contributed by atoms with E-state index in [0.717, 1.165) is 26.8 Å². The van der Waals surface area contributed by atoms with Crippen LogP contribution in [0.3, 0.4) is 0 Å². The number of imide groups is 1. The van der Waals surface area contributed by atoms with Crippen molar-refractivity contribution in [3.63, 3.8) is 0 Å². The van der Waals surface area contributed by atoms with Crippen molar-refractivity contribution in [2.45, 2.75) is 31.8 Å². The van der Waals surface area contributed by atoms with E-state index in [-0.39, 0.29) is 19.0 Å². The zero-order chi connectivity index (χ0) is 23.6. The van der Waals surface area contributed by atoms with E-state index in [2.05, 4.69) is 10.6 Å². The highest BCUT2D eigenvalue weighted by Crippen LogP contribution is 2.28. The number of ether oxygens (including phenoxy) is 1. The fourth-order valence-corrected chi connectivity index (χ4v) is 4.38. The average molecular weight is 446 g/mol. The smallest absolute Gasteiger partial charge is 0.325 e. The molecule has 2 atom stereocenters. The number of para-hydroxylation sites is 1. The maximum absolute atomic E-state index is 13.1. The lowest BCUT2D eigenvalue weighted by Crippen LogP contribution is -2.47. The molecule has 3 aromatic carbocycles. The van der Waals surface area contributed by atoms with Crippen LogP contribution in [0, 0.1) is 0 Å². The van der Waals surface area contributed by atoms with Crippen LogP contribution in [-0.2, 0) is 16.0 Å². The summed E-state index contributed by atoms with van der Waals surface area (Å²) in [5.41, 5.74) is 0.611. The second-order valence-electron chi connectivity index (χ2n) is 8.50. The van der Waals surface area contributed by atoms with Crippen LogP contribution in [0.25, 0.3) is 10.8 Å². The van der Waals surface area contributed by atoms with Gasteiger partial charge in [0.25, 0.3) is 5.91 Å². The predicted molar refractivity (Wildman–Crippen MR) is 126 cm³/mol. The monoisotopic (exact) mass is 445 g/mol. The molecule has 0 saturated carbocycles. The number of carbonyl (C=O) groups is 3. The fraction of sp³-hybridized carbons (Fsp3) is 0.269. The molecule has 7 heteroatoms. The van der Waals surface area contributed by atoms with E-state index in [9.17, 15) is 14.4 Å². The first kappa shape index (κ1) is 22.3. The third kappa shape index (κ3) is 4.39. The average Bonchev–Trinajstić information content (AvgIpc) is 3.01. The lowest BCUT2D eigenvalue weighted by molar-refractivity contribution is -0.134. The first-order chi connectivity index (χ1) is 15.8. The topological polar surface area (TPSA) is 87.7 Å². The normalized spacial score (nSPS) is 18.8. The maximum Gasteiger partial charge on any atom is 0.325 e. The first-order valence-electron chi connectivity index (χ1n) is 10.9. The van der Waals surface area contributed by atoms with Gasteiger partial charge >= 0.3 is 6.03 Å². The number of benzene rings is 3. The molecular formula is C26H27N3O4. The number of urea groups is 1. The van der Waals surface area contributed by atoms with Gasteiger partial charge < -0.3 is 15.4 Å². The van der Waals surface area contributed by atoms with E-state index in [1.807, 2.05) is 67.6 Å². The molecule has 1 fully saturated rings. The molecule has 4 rings (SSSR count). The third-order valence-electron chi connectivity index (χ3n) is 6.05. The van der Waals surface area contributed by atoms with Gasteiger partial charge in [-0.1, -0.05) is 60.7 Å². The van der Waals surface area contributed by atoms with E-state index in [1.54, 1.807) is 20.1 Å². The van der Waals surface area contributed by atoms with Crippen molar-refractivity contribution in [3.05, 3.63) is 77.9 Å². The maximum atomic E-state index is 13.1. The Bertz CT molecular complexity index is 1220. The minimum Gasteiger partial charge on any atom is -0.496 e. The number of rotatable bonds is 7. The molecule has 0 spiro atoms. The Balaban J connectivity index is 1.46. The number of fused-ring (bicyclic) bond motifs is 1. The second kappa shape index (κ2) is 8.94. The van der Waals surface area contributed by atoms with Crippen LogP contribution in [0.15, 0.2) is 66.7 Å². The van der Waals surface area contributed by atoms with Crippen molar-refractivity contribution in [3.8, 4) is 5.75 Å². The molecule has 0 aromatic heterocycles. The van der Waals surface area contributed by atoms with Gasteiger partial charge in [-0.25, -0.2) is 4.79 Å². The molecule has 0 unspecified atom stereocenters. The van der Waals surface area contributed by atoms with Crippen LogP contribution < -0.4 is 15.4 Å². The summed E-state index contributed by atoms with van der Waals surface area (Å²) in [4.78, 5) is 39.5. The zero-order valence-electron chi connectivity index (χ0n) is 18.9. The van der Waals surface area contributed by atoms with E-state index >= 15 is 0 Å². The standard InChI is InChI=1S/C26H27N3O4/c1-17(20-13-8-11-18-9-4-6-12-21(18)20)27-23(30)16-29-24(31)26(2,28-25(29)32)15-19-10-5-7-14-22(19)33-3/h4-14,17H,15-16H2,1-3H3,(H,27,30)(H,28,32)/t17-,26-/m1/s1. The van der Waals surface area contributed by atoms with Crippen molar-refractivity contribution in [2.75, 3.05) is 13.7 Å². The Hall–Kier alpha value is -3.87. The van der Waals surface area contributed by atoms with Crippen molar-refractivity contribution in [2.24, 2.45) is 0 Å². The van der Waals surface area contributed by atoms with E-state index in [0.29, 0.717) is 5.75 Å². The predicted octanol–water partition coefficient (Wildman–Crippen LogP) is 3.58. The molecule has 1 saturated heterocycles. The molecule has 4 amide bonds. The minimum atomic E-state index is -1.16. The number of hydrogen-bond acceptors (Lipinski definition) is 4. The molecular weight excluding hydrogens is 418 g/mol. The first-order valence-corrected chi connectivity index (χ1v) is 10.9. The zero-order valence-corrected chi connectivity index (χ0v) is 18.9. The van der Waals surface area contributed by atoms with Gasteiger partial charge in [0.2, 0.25) is 5.91 Å². The minimum absolute atomic E-state index is 0.256. The summed E-state index contributed by atoms with van der Waals surface area (Å²) >= 11 is 0. The number of nitrogens with zero attached hydrogens (tertiary/aromatic N) is 1. The SMILES string of the molecule is COc1ccccc1C[C@@]1(C)NC(=O)N(CC(=O)N[C@H](C)c2cccc3ccccc23)C1=O. The summed E-state index contributed by atoms with van der Waals surface area (Å²) in [5, 5.41) is 7.79. The molecule has 170 valence electrons.